The molecule has 1 aromatic carbocycles. The lowest BCUT2D eigenvalue weighted by molar-refractivity contribution is -0.155. The van der Waals surface area contributed by atoms with Crippen LogP contribution in [-0.2, 0) is 6.54 Å². The van der Waals surface area contributed by atoms with Crippen molar-refractivity contribution in [3.8, 4) is 0 Å². The predicted octanol–water partition coefficient (Wildman–Crippen LogP) is 2.90. The number of halogens is 3. The van der Waals surface area contributed by atoms with E-state index >= 15 is 0 Å². The van der Waals surface area contributed by atoms with E-state index in [-0.39, 0.29) is 12.6 Å². The van der Waals surface area contributed by atoms with E-state index in [2.05, 4.69) is 17.0 Å². The predicted molar refractivity (Wildman–Crippen MR) is 84.0 cm³/mol. The number of aliphatic hydroxyl groups is 1. The highest BCUT2D eigenvalue weighted by Crippen LogP contribution is 2.23. The molecule has 2 rings (SSSR count). The van der Waals surface area contributed by atoms with E-state index in [1.54, 1.807) is 0 Å². The highest BCUT2D eigenvalue weighted by molar-refractivity contribution is 5.14. The molecular formula is C17H25F3N2O. The number of alkyl halides is 3. The fourth-order valence-corrected chi connectivity index (χ4v) is 3.16. The molecular weight excluding hydrogens is 305 g/mol. The minimum Gasteiger partial charge on any atom is -0.391 e. The van der Waals surface area contributed by atoms with Gasteiger partial charge in [0.1, 0.15) is 0 Å². The summed E-state index contributed by atoms with van der Waals surface area (Å²) in [5.41, 5.74) is 1.24. The van der Waals surface area contributed by atoms with Crippen LogP contribution in [-0.4, -0.2) is 59.4 Å². The fraction of sp³-hybridized carbons (Fsp3) is 0.647. The summed E-state index contributed by atoms with van der Waals surface area (Å²) in [6.07, 6.45) is -5.90. The van der Waals surface area contributed by atoms with Crippen LogP contribution in [0.1, 0.15) is 25.3 Å². The van der Waals surface area contributed by atoms with Crippen LogP contribution in [0, 0.1) is 0 Å². The number of aliphatic hydroxyl groups excluding tert-OH is 1. The Labute approximate surface area is 135 Å². The van der Waals surface area contributed by atoms with Crippen molar-refractivity contribution in [1.29, 1.82) is 0 Å². The lowest BCUT2D eigenvalue weighted by Crippen LogP contribution is -2.43. The number of rotatable bonds is 5. The minimum absolute atomic E-state index is 0.0832. The van der Waals surface area contributed by atoms with Gasteiger partial charge in [-0.3, -0.25) is 9.80 Å². The highest BCUT2D eigenvalue weighted by atomic mass is 19.4. The van der Waals surface area contributed by atoms with Crippen LogP contribution >= 0.6 is 0 Å². The summed E-state index contributed by atoms with van der Waals surface area (Å²) >= 11 is 0. The van der Waals surface area contributed by atoms with Gasteiger partial charge in [-0.2, -0.15) is 13.2 Å². The zero-order chi connectivity index (χ0) is 16.9. The molecule has 0 spiro atoms. The first-order valence-electron chi connectivity index (χ1n) is 8.08. The molecule has 0 radical (unpaired) electrons. The van der Waals surface area contributed by atoms with Crippen molar-refractivity contribution in [2.45, 2.75) is 44.6 Å². The molecule has 1 aromatic rings. The van der Waals surface area contributed by atoms with Crippen molar-refractivity contribution in [2.24, 2.45) is 0 Å². The zero-order valence-corrected chi connectivity index (χ0v) is 13.5. The molecule has 0 bridgehead atoms. The van der Waals surface area contributed by atoms with Gasteiger partial charge in [-0.05, 0) is 32.0 Å². The molecule has 6 heteroatoms. The van der Waals surface area contributed by atoms with E-state index in [1.165, 1.54) is 5.56 Å². The van der Waals surface area contributed by atoms with Gasteiger partial charge in [0.25, 0.3) is 0 Å². The van der Waals surface area contributed by atoms with Gasteiger partial charge < -0.3 is 5.11 Å². The second kappa shape index (κ2) is 8.13. The molecule has 0 saturated carbocycles. The zero-order valence-electron chi connectivity index (χ0n) is 13.5. The molecule has 1 fully saturated rings. The first kappa shape index (κ1) is 18.2. The largest absolute Gasteiger partial charge is 0.391 e. The molecule has 0 aliphatic carbocycles. The van der Waals surface area contributed by atoms with E-state index < -0.39 is 18.7 Å². The van der Waals surface area contributed by atoms with Crippen LogP contribution in [0.25, 0.3) is 0 Å². The monoisotopic (exact) mass is 330 g/mol. The van der Waals surface area contributed by atoms with Gasteiger partial charge in [-0.25, -0.2) is 0 Å². The molecule has 2 atom stereocenters. The fourth-order valence-electron chi connectivity index (χ4n) is 3.16. The van der Waals surface area contributed by atoms with Crippen molar-refractivity contribution in [2.75, 3.05) is 26.2 Å². The average molecular weight is 330 g/mol. The van der Waals surface area contributed by atoms with Crippen LogP contribution in [0.4, 0.5) is 13.2 Å². The maximum atomic E-state index is 12.4. The van der Waals surface area contributed by atoms with Gasteiger partial charge >= 0.3 is 6.18 Å². The molecule has 3 nitrogen and oxygen atoms in total. The molecule has 0 amide bonds. The maximum Gasteiger partial charge on any atom is 0.391 e. The molecule has 1 heterocycles. The molecule has 23 heavy (non-hydrogen) atoms. The van der Waals surface area contributed by atoms with Crippen LogP contribution in [0.5, 0.6) is 0 Å². The maximum absolute atomic E-state index is 12.4. The van der Waals surface area contributed by atoms with E-state index in [9.17, 15) is 18.3 Å². The number of hydrogen-bond donors (Lipinski definition) is 1. The molecule has 1 aliphatic rings. The van der Waals surface area contributed by atoms with Crippen molar-refractivity contribution in [3.05, 3.63) is 35.9 Å². The Morgan fingerprint density at radius 2 is 1.91 bits per heavy atom. The third kappa shape index (κ3) is 6.49. The molecule has 1 N–H and O–H groups in total. The summed E-state index contributed by atoms with van der Waals surface area (Å²) in [6, 6.07) is 10.3. The van der Waals surface area contributed by atoms with Gasteiger partial charge in [0, 0.05) is 25.7 Å². The van der Waals surface area contributed by atoms with Crippen LogP contribution in [0.15, 0.2) is 30.3 Å². The van der Waals surface area contributed by atoms with E-state index in [0.29, 0.717) is 0 Å². The Kier molecular flexibility index (Phi) is 6.44. The van der Waals surface area contributed by atoms with Gasteiger partial charge in [0.05, 0.1) is 12.5 Å². The Bertz CT molecular complexity index is 467. The van der Waals surface area contributed by atoms with Gasteiger partial charge in [-0.15, -0.1) is 0 Å². The van der Waals surface area contributed by atoms with Crippen molar-refractivity contribution in [1.82, 2.24) is 9.80 Å². The summed E-state index contributed by atoms with van der Waals surface area (Å²) in [7, 11) is 0. The van der Waals surface area contributed by atoms with Crippen molar-refractivity contribution < 1.29 is 18.3 Å². The quantitative estimate of drug-likeness (QED) is 0.899. The SMILES string of the molecule is CC1CN(Cc2ccccc2)CCCN1CC(O)CC(F)(F)F. The second-order valence-electron chi connectivity index (χ2n) is 6.39. The van der Waals surface area contributed by atoms with Gasteiger partial charge in [0.15, 0.2) is 0 Å². The number of β-amino-alcohol motifs (C(OH)–C–C–N with tert-alkyl or cyclic N) is 1. The number of nitrogens with zero attached hydrogens (tertiary/aromatic N) is 2. The molecule has 0 aromatic heterocycles. The molecule has 130 valence electrons. The van der Waals surface area contributed by atoms with Crippen molar-refractivity contribution in [3.63, 3.8) is 0 Å². The first-order chi connectivity index (χ1) is 10.8. The summed E-state index contributed by atoms with van der Waals surface area (Å²) < 4.78 is 37.1. The molecule has 1 saturated heterocycles. The summed E-state index contributed by atoms with van der Waals surface area (Å²) in [5.74, 6) is 0. The Morgan fingerprint density at radius 3 is 2.57 bits per heavy atom. The molecule has 1 aliphatic heterocycles. The van der Waals surface area contributed by atoms with Crippen LogP contribution in [0.3, 0.4) is 0 Å². The van der Waals surface area contributed by atoms with Crippen LogP contribution in [0.2, 0.25) is 0 Å². The van der Waals surface area contributed by atoms with Gasteiger partial charge in [-0.1, -0.05) is 30.3 Å². The van der Waals surface area contributed by atoms with E-state index in [1.807, 2.05) is 30.0 Å². The van der Waals surface area contributed by atoms with Crippen molar-refractivity contribution >= 4 is 0 Å². The third-order valence-electron chi connectivity index (χ3n) is 4.23. The van der Waals surface area contributed by atoms with E-state index in [0.717, 1.165) is 32.6 Å². The normalized spacial score (nSPS) is 22.7. The standard InChI is InChI=1S/C17H25F3N2O/c1-14-11-21(12-15-6-3-2-4-7-15)8-5-9-22(14)13-16(23)10-17(18,19)20/h2-4,6-7,14,16,23H,5,8-13H2,1H3. The smallest absolute Gasteiger partial charge is 0.391 e. The topological polar surface area (TPSA) is 26.7 Å². The lowest BCUT2D eigenvalue weighted by atomic mass is 10.2. The third-order valence-corrected chi connectivity index (χ3v) is 4.23. The number of hydrogen-bond acceptors (Lipinski definition) is 3. The highest BCUT2D eigenvalue weighted by Gasteiger charge is 2.33. The number of benzene rings is 1. The molecule has 2 unspecified atom stereocenters. The second-order valence-corrected chi connectivity index (χ2v) is 6.39. The first-order valence-corrected chi connectivity index (χ1v) is 8.08. The summed E-state index contributed by atoms with van der Waals surface area (Å²) in [6.45, 7) is 5.40. The summed E-state index contributed by atoms with van der Waals surface area (Å²) in [4.78, 5) is 4.30. The Balaban J connectivity index is 1.86. The average Bonchev–Trinajstić information content (AvgIpc) is 2.60. The van der Waals surface area contributed by atoms with Crippen LogP contribution < -0.4 is 0 Å². The van der Waals surface area contributed by atoms with E-state index in [4.69, 9.17) is 0 Å². The Hall–Kier alpha value is -1.11. The summed E-state index contributed by atoms with van der Waals surface area (Å²) in [5, 5.41) is 9.67. The van der Waals surface area contributed by atoms with Gasteiger partial charge in [0.2, 0.25) is 0 Å². The lowest BCUT2D eigenvalue weighted by Gasteiger charge is -2.30. The Morgan fingerprint density at radius 1 is 1.22 bits per heavy atom. The minimum atomic E-state index is -4.31.